The van der Waals surface area contributed by atoms with Crippen molar-refractivity contribution in [1.29, 1.82) is 0 Å². The minimum Gasteiger partial charge on any atom is -0.464 e. The van der Waals surface area contributed by atoms with E-state index in [1.807, 2.05) is 0 Å². The van der Waals surface area contributed by atoms with Crippen LogP contribution in [0, 0.1) is 0 Å². The van der Waals surface area contributed by atoms with Crippen molar-refractivity contribution < 1.29 is 27.6 Å². The summed E-state index contributed by atoms with van der Waals surface area (Å²) in [5.74, 6) is -0.221. The second-order valence-corrected chi connectivity index (χ2v) is 16.4. The first-order chi connectivity index (χ1) is 17.5. The Hall–Kier alpha value is -2.26. The van der Waals surface area contributed by atoms with E-state index in [1.165, 1.54) is 19.6 Å². The third-order valence-electron chi connectivity index (χ3n) is 7.41. The number of unbranched alkanes of at least 4 members (excludes halogenated alkanes) is 2. The second-order valence-electron chi connectivity index (χ2n) is 11.0. The number of aromatic nitrogens is 2. The SMILES string of the molecule is CCCCCC(C)c1nc(C(=O)CC(CO[Si](C(C)C)(C(C)C)C(C)C)c2nc(C(=O)OC)co2)co1. The highest BCUT2D eigenvalue weighted by atomic mass is 28.4. The average Bonchev–Trinajstić information content (AvgIpc) is 3.53. The number of esters is 1. The smallest absolute Gasteiger partial charge is 0.360 e. The lowest BCUT2D eigenvalue weighted by Gasteiger charge is -2.42. The number of ketones is 1. The highest BCUT2D eigenvalue weighted by Crippen LogP contribution is 2.43. The number of hydrogen-bond acceptors (Lipinski definition) is 8. The number of methoxy groups -OCH3 is 1. The molecule has 0 aliphatic carbocycles. The van der Waals surface area contributed by atoms with Crippen molar-refractivity contribution in [2.24, 2.45) is 0 Å². The third kappa shape index (κ3) is 7.63. The first-order valence-electron chi connectivity index (χ1n) is 13.6. The molecule has 208 valence electrons. The normalized spacial score (nSPS) is 13.9. The molecule has 2 aromatic rings. The maximum Gasteiger partial charge on any atom is 0.360 e. The van der Waals surface area contributed by atoms with Gasteiger partial charge in [0.05, 0.1) is 13.0 Å². The number of carbonyl (C=O) groups is 2. The maximum atomic E-state index is 13.3. The van der Waals surface area contributed by atoms with Crippen LogP contribution in [0.3, 0.4) is 0 Å². The highest BCUT2D eigenvalue weighted by molar-refractivity contribution is 6.77. The number of rotatable bonds is 16. The van der Waals surface area contributed by atoms with E-state index < -0.39 is 20.2 Å². The van der Waals surface area contributed by atoms with Crippen LogP contribution in [-0.2, 0) is 9.16 Å². The molecule has 0 spiro atoms. The number of ether oxygens (including phenoxy) is 1. The summed E-state index contributed by atoms with van der Waals surface area (Å²) in [6.45, 7) is 17.8. The molecule has 0 saturated heterocycles. The van der Waals surface area contributed by atoms with Crippen LogP contribution in [0.2, 0.25) is 16.6 Å². The van der Waals surface area contributed by atoms with E-state index in [0.29, 0.717) is 28.2 Å². The Bertz CT molecular complexity index is 975. The maximum absolute atomic E-state index is 13.3. The summed E-state index contributed by atoms with van der Waals surface area (Å²) in [5.41, 5.74) is 1.51. The van der Waals surface area contributed by atoms with E-state index in [4.69, 9.17) is 18.0 Å². The molecular weight excluding hydrogens is 488 g/mol. The molecule has 8 nitrogen and oxygen atoms in total. The summed E-state index contributed by atoms with van der Waals surface area (Å²) in [6.07, 6.45) is 7.17. The summed E-state index contributed by atoms with van der Waals surface area (Å²) in [7, 11) is -0.917. The minimum absolute atomic E-state index is 0.0691. The van der Waals surface area contributed by atoms with Crippen molar-refractivity contribution in [3.8, 4) is 0 Å². The zero-order valence-corrected chi connectivity index (χ0v) is 25.1. The van der Waals surface area contributed by atoms with Crippen molar-refractivity contribution in [2.75, 3.05) is 13.7 Å². The molecule has 0 fully saturated rings. The fourth-order valence-electron chi connectivity index (χ4n) is 5.43. The molecule has 0 amide bonds. The predicted octanol–water partition coefficient (Wildman–Crippen LogP) is 7.68. The molecule has 2 heterocycles. The first kappa shape index (κ1) is 31.0. The largest absolute Gasteiger partial charge is 0.464 e. The van der Waals surface area contributed by atoms with E-state index in [0.717, 1.165) is 25.7 Å². The van der Waals surface area contributed by atoms with Crippen LogP contribution >= 0.6 is 0 Å². The summed E-state index contributed by atoms with van der Waals surface area (Å²) in [5, 5.41) is 0. The summed E-state index contributed by atoms with van der Waals surface area (Å²) < 4.78 is 22.9. The van der Waals surface area contributed by atoms with Crippen molar-refractivity contribution in [1.82, 2.24) is 9.97 Å². The van der Waals surface area contributed by atoms with Gasteiger partial charge in [-0.25, -0.2) is 14.8 Å². The lowest BCUT2D eigenvalue weighted by atomic mass is 10.0. The van der Waals surface area contributed by atoms with Gasteiger partial charge in [0.25, 0.3) is 0 Å². The van der Waals surface area contributed by atoms with Gasteiger partial charge in [-0.3, -0.25) is 4.79 Å². The van der Waals surface area contributed by atoms with E-state index in [2.05, 4.69) is 65.4 Å². The fraction of sp³-hybridized carbons (Fsp3) is 0.714. The summed E-state index contributed by atoms with van der Waals surface area (Å²) >= 11 is 0. The van der Waals surface area contributed by atoms with Crippen LogP contribution in [0.5, 0.6) is 0 Å². The Morgan fingerprint density at radius 1 is 0.892 bits per heavy atom. The quantitative estimate of drug-likeness (QED) is 0.0934. The minimum atomic E-state index is -2.21. The first-order valence-corrected chi connectivity index (χ1v) is 15.8. The predicted molar refractivity (Wildman–Crippen MR) is 146 cm³/mol. The Kier molecular flexibility index (Phi) is 11.8. The lowest BCUT2D eigenvalue weighted by Crippen LogP contribution is -2.48. The Morgan fingerprint density at radius 3 is 2.03 bits per heavy atom. The molecule has 0 aliphatic rings. The highest BCUT2D eigenvalue weighted by Gasteiger charge is 2.45. The van der Waals surface area contributed by atoms with Crippen LogP contribution in [-0.4, -0.2) is 43.8 Å². The molecule has 2 rings (SSSR count). The van der Waals surface area contributed by atoms with Gasteiger partial charge in [-0.1, -0.05) is 74.7 Å². The molecular formula is C28H46N2O6Si. The van der Waals surface area contributed by atoms with Crippen molar-refractivity contribution >= 4 is 20.1 Å². The van der Waals surface area contributed by atoms with E-state index in [1.54, 1.807) is 0 Å². The number of nitrogens with zero attached hydrogens (tertiary/aromatic N) is 2. The number of carbonyl (C=O) groups excluding carboxylic acids is 2. The number of oxazole rings is 2. The molecule has 2 aromatic heterocycles. The van der Waals surface area contributed by atoms with Gasteiger partial charge in [0.2, 0.25) is 5.89 Å². The van der Waals surface area contributed by atoms with Crippen LogP contribution in [0.25, 0.3) is 0 Å². The van der Waals surface area contributed by atoms with Gasteiger partial charge >= 0.3 is 5.97 Å². The van der Waals surface area contributed by atoms with Gasteiger partial charge in [0.15, 0.2) is 25.7 Å². The number of Topliss-reactive ketones (excluding diaryl/α,β-unsaturated/α-hetero) is 1. The molecule has 2 unspecified atom stereocenters. The van der Waals surface area contributed by atoms with E-state index in [9.17, 15) is 9.59 Å². The van der Waals surface area contributed by atoms with Crippen LogP contribution < -0.4 is 0 Å². The van der Waals surface area contributed by atoms with Gasteiger partial charge in [-0.2, -0.15) is 0 Å². The van der Waals surface area contributed by atoms with Crippen LogP contribution in [0.4, 0.5) is 0 Å². The van der Waals surface area contributed by atoms with Crippen LogP contribution in [0.15, 0.2) is 21.4 Å². The summed E-state index contributed by atoms with van der Waals surface area (Å²) in [4.78, 5) is 34.1. The molecule has 0 aromatic carbocycles. The van der Waals surface area contributed by atoms with Gasteiger partial charge in [0, 0.05) is 18.9 Å². The molecule has 9 heteroatoms. The van der Waals surface area contributed by atoms with Gasteiger partial charge in [0.1, 0.15) is 18.2 Å². The van der Waals surface area contributed by atoms with E-state index >= 15 is 0 Å². The zero-order chi connectivity index (χ0) is 27.8. The van der Waals surface area contributed by atoms with Crippen molar-refractivity contribution in [2.45, 2.75) is 116 Å². The molecule has 2 atom stereocenters. The lowest BCUT2D eigenvalue weighted by molar-refractivity contribution is 0.0593. The average molecular weight is 535 g/mol. The second kappa shape index (κ2) is 14.0. The Morgan fingerprint density at radius 2 is 1.46 bits per heavy atom. The van der Waals surface area contributed by atoms with E-state index in [-0.39, 0.29) is 36.3 Å². The zero-order valence-electron chi connectivity index (χ0n) is 24.1. The van der Waals surface area contributed by atoms with Gasteiger partial charge in [-0.05, 0) is 23.0 Å². The third-order valence-corrected chi connectivity index (χ3v) is 13.5. The molecule has 0 aliphatic heterocycles. The fourth-order valence-corrected chi connectivity index (χ4v) is 10.9. The molecule has 0 saturated carbocycles. The summed E-state index contributed by atoms with van der Waals surface area (Å²) in [6, 6.07) is 0. The molecule has 0 bridgehead atoms. The van der Waals surface area contributed by atoms with Gasteiger partial charge in [-0.15, -0.1) is 0 Å². The Balaban J connectivity index is 2.28. The Labute approximate surface area is 223 Å². The van der Waals surface area contributed by atoms with Crippen LogP contribution in [0.1, 0.15) is 132 Å². The molecule has 37 heavy (non-hydrogen) atoms. The van der Waals surface area contributed by atoms with Crippen molar-refractivity contribution in [3.05, 3.63) is 35.7 Å². The monoisotopic (exact) mass is 534 g/mol. The standard InChI is InChI=1S/C28H46N2O6Si/c1-10-11-12-13-21(8)26-29-23(16-34-26)25(31)14-22(27-30-24(17-35-27)28(32)33-9)15-36-37(18(2)3,19(4)5)20(6)7/h16-22H,10-15H2,1-9H3. The molecule has 0 radical (unpaired) electrons. The van der Waals surface area contributed by atoms with Gasteiger partial charge < -0.3 is 18.0 Å². The molecule has 0 N–H and O–H groups in total. The van der Waals surface area contributed by atoms with Crippen molar-refractivity contribution in [3.63, 3.8) is 0 Å². The topological polar surface area (TPSA) is 105 Å². The number of hydrogen-bond donors (Lipinski definition) is 0.